The van der Waals surface area contributed by atoms with E-state index >= 15 is 0 Å². The third kappa shape index (κ3) is 5.01. The number of rotatable bonds is 5. The first-order valence-corrected chi connectivity index (χ1v) is 5.33. The highest BCUT2D eigenvalue weighted by Gasteiger charge is 2.06. The molecule has 0 saturated carbocycles. The molecule has 0 heterocycles. The monoisotopic (exact) mass is 236 g/mol. The maximum Gasteiger partial charge on any atom is 0.305 e. The van der Waals surface area contributed by atoms with Gasteiger partial charge in [0.1, 0.15) is 0 Å². The number of nitrogens with one attached hydrogen (secondary N) is 2. The summed E-state index contributed by atoms with van der Waals surface area (Å²) in [5.74, 6) is -0.954. The molecule has 5 nitrogen and oxygen atoms in total. The predicted molar refractivity (Wildman–Crippen MR) is 66.1 cm³/mol. The number of benzene rings is 1. The van der Waals surface area contributed by atoms with E-state index in [-0.39, 0.29) is 18.4 Å². The molecule has 1 aromatic carbocycles. The second-order valence-electron chi connectivity index (χ2n) is 3.90. The molecule has 0 spiro atoms. The van der Waals surface area contributed by atoms with E-state index in [0.29, 0.717) is 5.69 Å². The lowest BCUT2D eigenvalue weighted by atomic mass is 10.2. The zero-order valence-corrected chi connectivity index (χ0v) is 9.86. The highest BCUT2D eigenvalue weighted by Crippen LogP contribution is 2.14. The summed E-state index contributed by atoms with van der Waals surface area (Å²) in [5, 5.41) is 14.3. The maximum atomic E-state index is 10.8. The second-order valence-corrected chi connectivity index (χ2v) is 3.90. The van der Waals surface area contributed by atoms with Crippen LogP contribution in [0.4, 0.5) is 11.4 Å². The van der Waals surface area contributed by atoms with E-state index in [0.717, 1.165) is 5.69 Å². The van der Waals surface area contributed by atoms with Crippen molar-refractivity contribution < 1.29 is 14.7 Å². The summed E-state index contributed by atoms with van der Waals surface area (Å²) < 4.78 is 0. The van der Waals surface area contributed by atoms with Crippen molar-refractivity contribution in [3.05, 3.63) is 24.3 Å². The fraction of sp³-hybridized carbons (Fsp3) is 0.333. The molecule has 0 aromatic heterocycles. The average Bonchev–Trinajstić information content (AvgIpc) is 2.18. The van der Waals surface area contributed by atoms with Crippen molar-refractivity contribution in [3.8, 4) is 0 Å². The Hall–Kier alpha value is -2.04. The van der Waals surface area contributed by atoms with E-state index in [1.807, 2.05) is 0 Å². The van der Waals surface area contributed by atoms with Gasteiger partial charge in [-0.3, -0.25) is 9.59 Å². The number of hydrogen-bond acceptors (Lipinski definition) is 3. The Morgan fingerprint density at radius 3 is 2.24 bits per heavy atom. The van der Waals surface area contributed by atoms with Crippen molar-refractivity contribution in [2.24, 2.45) is 0 Å². The topological polar surface area (TPSA) is 78.4 Å². The van der Waals surface area contributed by atoms with Crippen LogP contribution in [-0.4, -0.2) is 23.0 Å². The summed E-state index contributed by atoms with van der Waals surface area (Å²) in [5.41, 5.74) is 1.54. The molecule has 1 rings (SSSR count). The number of amides is 1. The van der Waals surface area contributed by atoms with Crippen LogP contribution in [0, 0.1) is 0 Å². The first-order chi connectivity index (χ1) is 7.97. The molecule has 17 heavy (non-hydrogen) atoms. The summed E-state index contributed by atoms with van der Waals surface area (Å²) in [4.78, 5) is 21.3. The SMILES string of the molecule is CC(=O)Nc1ccc(NC(C)CC(=O)O)cc1. The number of carbonyl (C=O) groups is 2. The third-order valence-corrected chi connectivity index (χ3v) is 2.10. The lowest BCUT2D eigenvalue weighted by Gasteiger charge is -2.13. The van der Waals surface area contributed by atoms with E-state index < -0.39 is 5.97 Å². The molecule has 92 valence electrons. The Bertz CT molecular complexity index is 401. The summed E-state index contributed by atoms with van der Waals surface area (Å²) in [6.07, 6.45) is 0.0629. The minimum Gasteiger partial charge on any atom is -0.481 e. The number of anilines is 2. The van der Waals surface area contributed by atoms with Gasteiger partial charge in [-0.1, -0.05) is 0 Å². The van der Waals surface area contributed by atoms with Gasteiger partial charge >= 0.3 is 5.97 Å². The van der Waals surface area contributed by atoms with Crippen LogP contribution in [0.25, 0.3) is 0 Å². The van der Waals surface area contributed by atoms with Gasteiger partial charge in [-0.05, 0) is 31.2 Å². The summed E-state index contributed by atoms with van der Waals surface area (Å²) in [6.45, 7) is 3.25. The zero-order valence-electron chi connectivity index (χ0n) is 9.86. The van der Waals surface area contributed by atoms with E-state index in [1.165, 1.54) is 6.92 Å². The fourth-order valence-electron chi connectivity index (χ4n) is 1.45. The quantitative estimate of drug-likeness (QED) is 0.729. The van der Waals surface area contributed by atoms with Crippen molar-refractivity contribution in [2.45, 2.75) is 26.3 Å². The first kappa shape index (κ1) is 13.0. The van der Waals surface area contributed by atoms with Crippen LogP contribution in [0.1, 0.15) is 20.3 Å². The highest BCUT2D eigenvalue weighted by atomic mass is 16.4. The molecule has 0 saturated heterocycles. The van der Waals surface area contributed by atoms with Gasteiger partial charge in [0.15, 0.2) is 0 Å². The highest BCUT2D eigenvalue weighted by molar-refractivity contribution is 5.88. The van der Waals surface area contributed by atoms with Gasteiger partial charge in [-0.2, -0.15) is 0 Å². The molecule has 1 atom stereocenters. The van der Waals surface area contributed by atoms with Crippen LogP contribution < -0.4 is 10.6 Å². The average molecular weight is 236 g/mol. The number of hydrogen-bond donors (Lipinski definition) is 3. The van der Waals surface area contributed by atoms with Gasteiger partial charge < -0.3 is 15.7 Å². The Labute approximate surface area is 99.8 Å². The van der Waals surface area contributed by atoms with Crippen molar-refractivity contribution >= 4 is 23.3 Å². The summed E-state index contributed by atoms with van der Waals surface area (Å²) >= 11 is 0. The number of carbonyl (C=O) groups excluding carboxylic acids is 1. The Balaban J connectivity index is 2.56. The molecule has 1 amide bonds. The molecule has 0 fully saturated rings. The van der Waals surface area contributed by atoms with Crippen LogP contribution in [-0.2, 0) is 9.59 Å². The zero-order chi connectivity index (χ0) is 12.8. The molecule has 5 heteroatoms. The number of aliphatic carboxylic acids is 1. The maximum absolute atomic E-state index is 10.8. The van der Waals surface area contributed by atoms with E-state index in [4.69, 9.17) is 5.11 Å². The van der Waals surface area contributed by atoms with Gasteiger partial charge in [-0.15, -0.1) is 0 Å². The smallest absolute Gasteiger partial charge is 0.305 e. The summed E-state index contributed by atoms with van der Waals surface area (Å²) in [6, 6.07) is 6.97. The summed E-state index contributed by atoms with van der Waals surface area (Å²) in [7, 11) is 0. The molecule has 1 unspecified atom stereocenters. The Kier molecular flexibility index (Phi) is 4.51. The molecule has 0 aliphatic rings. The van der Waals surface area contributed by atoms with Crippen LogP contribution >= 0.6 is 0 Å². The van der Waals surface area contributed by atoms with Crippen LogP contribution in [0.3, 0.4) is 0 Å². The lowest BCUT2D eigenvalue weighted by Crippen LogP contribution is -2.19. The minimum atomic E-state index is -0.833. The van der Waals surface area contributed by atoms with Gasteiger partial charge in [0, 0.05) is 24.3 Å². The molecular formula is C12H16N2O3. The van der Waals surface area contributed by atoms with Gasteiger partial charge in [0.2, 0.25) is 5.91 Å². The molecule has 0 aliphatic heterocycles. The molecule has 0 aliphatic carbocycles. The van der Waals surface area contributed by atoms with Crippen molar-refractivity contribution in [3.63, 3.8) is 0 Å². The molecule has 0 bridgehead atoms. The van der Waals surface area contributed by atoms with Crippen LogP contribution in [0.2, 0.25) is 0 Å². The van der Waals surface area contributed by atoms with E-state index in [2.05, 4.69) is 10.6 Å². The third-order valence-electron chi connectivity index (χ3n) is 2.10. The minimum absolute atomic E-state index is 0.0629. The largest absolute Gasteiger partial charge is 0.481 e. The molecule has 0 radical (unpaired) electrons. The van der Waals surface area contributed by atoms with E-state index in [1.54, 1.807) is 31.2 Å². The standard InChI is InChI=1S/C12H16N2O3/c1-8(7-12(16)17)13-10-3-5-11(6-4-10)14-9(2)15/h3-6,8,13H,7H2,1-2H3,(H,14,15)(H,16,17). The van der Waals surface area contributed by atoms with Crippen molar-refractivity contribution in [1.82, 2.24) is 0 Å². The van der Waals surface area contributed by atoms with Gasteiger partial charge in [-0.25, -0.2) is 0 Å². The molecule has 3 N–H and O–H groups in total. The molecule has 1 aromatic rings. The van der Waals surface area contributed by atoms with Crippen molar-refractivity contribution in [1.29, 1.82) is 0 Å². The lowest BCUT2D eigenvalue weighted by molar-refractivity contribution is -0.137. The first-order valence-electron chi connectivity index (χ1n) is 5.33. The molecular weight excluding hydrogens is 220 g/mol. The second kappa shape index (κ2) is 5.89. The fourth-order valence-corrected chi connectivity index (χ4v) is 1.45. The normalized spacial score (nSPS) is 11.6. The van der Waals surface area contributed by atoms with Gasteiger partial charge in [0.25, 0.3) is 0 Å². The van der Waals surface area contributed by atoms with Crippen LogP contribution in [0.5, 0.6) is 0 Å². The van der Waals surface area contributed by atoms with Gasteiger partial charge in [0.05, 0.1) is 6.42 Å². The number of carboxylic acids is 1. The van der Waals surface area contributed by atoms with Crippen molar-refractivity contribution in [2.75, 3.05) is 10.6 Å². The Morgan fingerprint density at radius 1 is 1.24 bits per heavy atom. The number of carboxylic acid groups (broad SMARTS) is 1. The van der Waals surface area contributed by atoms with Crippen LogP contribution in [0.15, 0.2) is 24.3 Å². The predicted octanol–water partition coefficient (Wildman–Crippen LogP) is 1.92. The van der Waals surface area contributed by atoms with E-state index in [9.17, 15) is 9.59 Å². The Morgan fingerprint density at radius 2 is 1.76 bits per heavy atom.